The van der Waals surface area contributed by atoms with Crippen LogP contribution in [0.4, 0.5) is 5.69 Å². The lowest BCUT2D eigenvalue weighted by atomic mass is 10.1. The van der Waals surface area contributed by atoms with Crippen molar-refractivity contribution >= 4 is 24.0 Å². The third-order valence-corrected chi connectivity index (χ3v) is 2.98. The minimum Gasteiger partial charge on any atom is -0.497 e. The van der Waals surface area contributed by atoms with Gasteiger partial charge < -0.3 is 15.4 Å². The molecule has 0 aromatic heterocycles. The second kappa shape index (κ2) is 6.07. The molecule has 100 valence electrons. The highest BCUT2D eigenvalue weighted by Gasteiger charge is 2.25. The van der Waals surface area contributed by atoms with Gasteiger partial charge in [0.1, 0.15) is 5.75 Å². The molecule has 1 unspecified atom stereocenters. The molecular formula is C13H19ClN2O2. The Morgan fingerprint density at radius 1 is 1.56 bits per heavy atom. The van der Waals surface area contributed by atoms with Crippen molar-refractivity contribution < 1.29 is 9.53 Å². The van der Waals surface area contributed by atoms with Crippen LogP contribution in [0.25, 0.3) is 0 Å². The van der Waals surface area contributed by atoms with Crippen LogP contribution in [0, 0.1) is 0 Å². The van der Waals surface area contributed by atoms with E-state index in [1.165, 1.54) is 5.56 Å². The fourth-order valence-corrected chi connectivity index (χ4v) is 2.15. The maximum Gasteiger partial charge on any atom is 0.228 e. The number of rotatable bonds is 3. The molecule has 1 atom stereocenters. The minimum atomic E-state index is -0.0928. The third kappa shape index (κ3) is 2.94. The molecule has 5 heteroatoms. The van der Waals surface area contributed by atoms with Crippen molar-refractivity contribution in [3.05, 3.63) is 23.8 Å². The smallest absolute Gasteiger partial charge is 0.228 e. The molecule has 4 nitrogen and oxygen atoms in total. The van der Waals surface area contributed by atoms with Crippen molar-refractivity contribution in [2.75, 3.05) is 18.6 Å². The Labute approximate surface area is 114 Å². The summed E-state index contributed by atoms with van der Waals surface area (Å²) in [6, 6.07) is 5.73. The summed E-state index contributed by atoms with van der Waals surface area (Å²) in [6.45, 7) is 2.59. The number of methoxy groups -OCH3 is 1. The van der Waals surface area contributed by atoms with E-state index in [2.05, 4.69) is 0 Å². The number of nitrogens with two attached hydrogens (primary N) is 1. The lowest BCUT2D eigenvalue weighted by Crippen LogP contribution is -2.33. The van der Waals surface area contributed by atoms with Gasteiger partial charge in [-0.25, -0.2) is 0 Å². The lowest BCUT2D eigenvalue weighted by molar-refractivity contribution is -0.118. The van der Waals surface area contributed by atoms with E-state index in [1.807, 2.05) is 30.0 Å². The summed E-state index contributed by atoms with van der Waals surface area (Å²) in [5, 5.41) is 0. The van der Waals surface area contributed by atoms with Crippen LogP contribution in [0.1, 0.15) is 18.9 Å². The number of anilines is 1. The zero-order chi connectivity index (χ0) is 12.4. The van der Waals surface area contributed by atoms with Crippen LogP contribution in [-0.2, 0) is 11.2 Å². The predicted octanol–water partition coefficient (Wildman–Crippen LogP) is 1.74. The van der Waals surface area contributed by atoms with Crippen molar-refractivity contribution in [2.24, 2.45) is 5.73 Å². The average Bonchev–Trinajstić information content (AvgIpc) is 2.70. The van der Waals surface area contributed by atoms with Gasteiger partial charge >= 0.3 is 0 Å². The molecule has 0 radical (unpaired) electrons. The molecule has 0 saturated heterocycles. The zero-order valence-corrected chi connectivity index (χ0v) is 11.5. The van der Waals surface area contributed by atoms with E-state index in [0.717, 1.165) is 24.4 Å². The van der Waals surface area contributed by atoms with Crippen LogP contribution in [0.3, 0.4) is 0 Å². The van der Waals surface area contributed by atoms with E-state index in [0.29, 0.717) is 6.42 Å². The van der Waals surface area contributed by atoms with E-state index in [9.17, 15) is 4.79 Å². The quantitative estimate of drug-likeness (QED) is 0.910. The molecule has 2 rings (SSSR count). The summed E-state index contributed by atoms with van der Waals surface area (Å²) in [7, 11) is 1.65. The number of hydrogen-bond acceptors (Lipinski definition) is 3. The zero-order valence-electron chi connectivity index (χ0n) is 10.7. The molecule has 0 aliphatic carbocycles. The Bertz CT molecular complexity index is 435. The first-order valence-electron chi connectivity index (χ1n) is 5.84. The van der Waals surface area contributed by atoms with Crippen molar-refractivity contribution in [1.82, 2.24) is 0 Å². The largest absolute Gasteiger partial charge is 0.497 e. The Kier molecular flexibility index (Phi) is 4.99. The summed E-state index contributed by atoms with van der Waals surface area (Å²) in [5.41, 5.74) is 7.82. The fraction of sp³-hybridized carbons (Fsp3) is 0.462. The highest BCUT2D eigenvalue weighted by molar-refractivity contribution is 5.95. The van der Waals surface area contributed by atoms with Crippen molar-refractivity contribution in [1.29, 1.82) is 0 Å². The molecule has 0 spiro atoms. The summed E-state index contributed by atoms with van der Waals surface area (Å²) >= 11 is 0. The molecule has 1 heterocycles. The van der Waals surface area contributed by atoms with Gasteiger partial charge in [0, 0.05) is 24.7 Å². The van der Waals surface area contributed by atoms with Crippen molar-refractivity contribution in [3.63, 3.8) is 0 Å². The predicted molar refractivity (Wildman–Crippen MR) is 74.6 cm³/mol. The highest BCUT2D eigenvalue weighted by Crippen LogP contribution is 2.31. The van der Waals surface area contributed by atoms with Gasteiger partial charge in [-0.2, -0.15) is 0 Å². The first kappa shape index (κ1) is 14.8. The molecule has 18 heavy (non-hydrogen) atoms. The molecule has 0 saturated carbocycles. The maximum absolute atomic E-state index is 12.0. The topological polar surface area (TPSA) is 55.6 Å². The van der Waals surface area contributed by atoms with E-state index in [1.54, 1.807) is 7.11 Å². The SMILES string of the molecule is COc1ccc2c(c1)CCN2C(=O)CC(C)N.Cl. The van der Waals surface area contributed by atoms with Crippen LogP contribution in [-0.4, -0.2) is 25.6 Å². The number of amides is 1. The van der Waals surface area contributed by atoms with Crippen LogP contribution in [0.15, 0.2) is 18.2 Å². The Balaban J connectivity index is 0.00000162. The van der Waals surface area contributed by atoms with Gasteiger partial charge in [0.15, 0.2) is 0 Å². The number of hydrogen-bond donors (Lipinski definition) is 1. The molecule has 1 aromatic carbocycles. The van der Waals surface area contributed by atoms with Gasteiger partial charge in [0.2, 0.25) is 5.91 Å². The van der Waals surface area contributed by atoms with Crippen LogP contribution in [0.2, 0.25) is 0 Å². The van der Waals surface area contributed by atoms with Crippen molar-refractivity contribution in [2.45, 2.75) is 25.8 Å². The first-order valence-corrected chi connectivity index (χ1v) is 5.84. The van der Waals surface area contributed by atoms with Gasteiger partial charge in [-0.3, -0.25) is 4.79 Å². The molecular weight excluding hydrogens is 252 g/mol. The number of carbonyl (C=O) groups is 1. The number of ether oxygens (including phenoxy) is 1. The van der Waals surface area contributed by atoms with E-state index in [-0.39, 0.29) is 24.4 Å². The first-order chi connectivity index (χ1) is 8.11. The van der Waals surface area contributed by atoms with Gasteiger partial charge in [0.25, 0.3) is 0 Å². The number of nitrogens with zero attached hydrogens (tertiary/aromatic N) is 1. The highest BCUT2D eigenvalue weighted by atomic mass is 35.5. The molecule has 1 aliphatic rings. The van der Waals surface area contributed by atoms with E-state index < -0.39 is 0 Å². The van der Waals surface area contributed by atoms with E-state index in [4.69, 9.17) is 10.5 Å². The standard InChI is InChI=1S/C13H18N2O2.ClH/c1-9(14)7-13(16)15-6-5-10-8-11(17-2)3-4-12(10)15;/h3-4,8-9H,5-7,14H2,1-2H3;1H. The fourth-order valence-electron chi connectivity index (χ4n) is 2.15. The molecule has 1 aliphatic heterocycles. The number of benzene rings is 1. The monoisotopic (exact) mass is 270 g/mol. The molecule has 2 N–H and O–H groups in total. The van der Waals surface area contributed by atoms with Crippen LogP contribution < -0.4 is 15.4 Å². The number of fused-ring (bicyclic) bond motifs is 1. The summed E-state index contributed by atoms with van der Waals surface area (Å²) < 4.78 is 5.18. The Hall–Kier alpha value is -1.26. The van der Waals surface area contributed by atoms with E-state index >= 15 is 0 Å². The van der Waals surface area contributed by atoms with Crippen molar-refractivity contribution in [3.8, 4) is 5.75 Å². The Morgan fingerprint density at radius 3 is 2.89 bits per heavy atom. The van der Waals surface area contributed by atoms with Gasteiger partial charge in [0.05, 0.1) is 7.11 Å². The number of carbonyl (C=O) groups excluding carboxylic acids is 1. The molecule has 1 aromatic rings. The lowest BCUT2D eigenvalue weighted by Gasteiger charge is -2.18. The summed E-state index contributed by atoms with van der Waals surface area (Å²) in [6.07, 6.45) is 1.28. The second-order valence-electron chi connectivity index (χ2n) is 4.47. The second-order valence-corrected chi connectivity index (χ2v) is 4.47. The van der Waals surface area contributed by atoms with Crippen LogP contribution in [0.5, 0.6) is 5.75 Å². The van der Waals surface area contributed by atoms with Gasteiger partial charge in [-0.1, -0.05) is 0 Å². The van der Waals surface area contributed by atoms with Gasteiger partial charge in [-0.05, 0) is 37.1 Å². The summed E-state index contributed by atoms with van der Waals surface area (Å²) in [4.78, 5) is 13.8. The third-order valence-electron chi connectivity index (χ3n) is 2.98. The molecule has 0 bridgehead atoms. The normalized spacial score (nSPS) is 14.7. The number of halogens is 1. The average molecular weight is 271 g/mol. The maximum atomic E-state index is 12.0. The van der Waals surface area contributed by atoms with Gasteiger partial charge in [-0.15, -0.1) is 12.4 Å². The molecule has 0 fully saturated rings. The van der Waals surface area contributed by atoms with Crippen LogP contribution >= 0.6 is 12.4 Å². The Morgan fingerprint density at radius 2 is 2.28 bits per heavy atom. The summed E-state index contributed by atoms with van der Waals surface area (Å²) in [5.74, 6) is 0.939. The molecule has 1 amide bonds. The minimum absolute atomic E-state index is 0.